The average Bonchev–Trinajstić information content (AvgIpc) is 2.45. The molecule has 2 nitrogen and oxygen atoms in total. The van der Waals surface area contributed by atoms with Crippen LogP contribution in [0.2, 0.25) is 0 Å². The highest BCUT2D eigenvalue weighted by Gasteiger charge is 2.30. The maximum atomic E-state index is 10.0. The lowest BCUT2D eigenvalue weighted by Crippen LogP contribution is -2.41. The Morgan fingerprint density at radius 2 is 2.14 bits per heavy atom. The summed E-state index contributed by atoms with van der Waals surface area (Å²) < 4.78 is 0. The van der Waals surface area contributed by atoms with Crippen LogP contribution in [0.4, 0.5) is 0 Å². The van der Waals surface area contributed by atoms with Crippen LogP contribution >= 0.6 is 11.8 Å². The van der Waals surface area contributed by atoms with Gasteiger partial charge in [-0.2, -0.15) is 11.8 Å². The SMILES string of the molecule is CC(C)(C)CCNCC1(O)CCSC1. The normalized spacial score (nSPS) is 28.3. The zero-order valence-electron chi connectivity index (χ0n) is 9.60. The first-order valence-corrected chi connectivity index (χ1v) is 6.58. The largest absolute Gasteiger partial charge is 0.388 e. The molecule has 1 heterocycles. The molecule has 0 bridgehead atoms. The Balaban J connectivity index is 2.09. The summed E-state index contributed by atoms with van der Waals surface area (Å²) in [6.45, 7) is 8.50. The summed E-state index contributed by atoms with van der Waals surface area (Å²) in [6, 6.07) is 0. The van der Waals surface area contributed by atoms with Crippen LogP contribution in [-0.2, 0) is 0 Å². The van der Waals surface area contributed by atoms with Gasteiger partial charge in [0.05, 0.1) is 5.60 Å². The molecule has 1 unspecified atom stereocenters. The maximum Gasteiger partial charge on any atom is 0.0869 e. The van der Waals surface area contributed by atoms with Crippen molar-refractivity contribution in [2.75, 3.05) is 24.6 Å². The minimum absolute atomic E-state index is 0.389. The van der Waals surface area contributed by atoms with Gasteiger partial charge in [-0.1, -0.05) is 20.8 Å². The van der Waals surface area contributed by atoms with Gasteiger partial charge in [-0.15, -0.1) is 0 Å². The van der Waals surface area contributed by atoms with E-state index in [9.17, 15) is 5.11 Å². The lowest BCUT2D eigenvalue weighted by atomic mass is 9.92. The third kappa shape index (κ3) is 4.67. The van der Waals surface area contributed by atoms with Crippen LogP contribution < -0.4 is 5.32 Å². The fraction of sp³-hybridized carbons (Fsp3) is 1.00. The third-order valence-corrected chi connectivity index (χ3v) is 3.82. The van der Waals surface area contributed by atoms with E-state index in [1.165, 1.54) is 0 Å². The van der Waals surface area contributed by atoms with Crippen molar-refractivity contribution < 1.29 is 5.11 Å². The molecule has 0 radical (unpaired) electrons. The van der Waals surface area contributed by atoms with E-state index in [0.717, 1.165) is 37.4 Å². The van der Waals surface area contributed by atoms with Gasteiger partial charge >= 0.3 is 0 Å². The predicted octanol–water partition coefficient (Wildman–Crippen LogP) is 1.88. The molecule has 0 aliphatic carbocycles. The number of hydrogen-bond donors (Lipinski definition) is 2. The number of nitrogens with one attached hydrogen (secondary N) is 1. The molecule has 1 saturated heterocycles. The average molecular weight is 217 g/mol. The van der Waals surface area contributed by atoms with Crippen LogP contribution in [0.5, 0.6) is 0 Å². The molecule has 0 aromatic rings. The Morgan fingerprint density at radius 3 is 2.64 bits per heavy atom. The van der Waals surface area contributed by atoms with Crippen molar-refractivity contribution in [2.45, 2.75) is 39.2 Å². The van der Waals surface area contributed by atoms with Gasteiger partial charge in [0, 0.05) is 12.3 Å². The van der Waals surface area contributed by atoms with Crippen molar-refractivity contribution in [2.24, 2.45) is 5.41 Å². The van der Waals surface area contributed by atoms with E-state index in [2.05, 4.69) is 26.1 Å². The van der Waals surface area contributed by atoms with E-state index >= 15 is 0 Å². The van der Waals surface area contributed by atoms with E-state index in [1.54, 1.807) is 0 Å². The molecule has 1 rings (SSSR count). The standard InChI is InChI=1S/C11H23NOS/c1-10(2,3)4-6-12-8-11(13)5-7-14-9-11/h12-13H,4-9H2,1-3H3. The Hall–Kier alpha value is 0.270. The first-order valence-electron chi connectivity index (χ1n) is 5.42. The number of thioether (sulfide) groups is 1. The second-order valence-corrected chi connectivity index (χ2v) is 6.62. The first-order chi connectivity index (χ1) is 6.41. The fourth-order valence-corrected chi connectivity index (χ4v) is 2.82. The van der Waals surface area contributed by atoms with Crippen LogP contribution in [0, 0.1) is 5.41 Å². The van der Waals surface area contributed by atoms with E-state index in [4.69, 9.17) is 0 Å². The molecule has 0 spiro atoms. The van der Waals surface area contributed by atoms with Crippen LogP contribution in [0.25, 0.3) is 0 Å². The molecule has 0 aromatic carbocycles. The summed E-state index contributed by atoms with van der Waals surface area (Å²) in [5.74, 6) is 2.01. The van der Waals surface area contributed by atoms with Crippen LogP contribution in [0.1, 0.15) is 33.6 Å². The second kappa shape index (κ2) is 4.86. The molecular weight excluding hydrogens is 194 g/mol. The van der Waals surface area contributed by atoms with Crippen LogP contribution in [-0.4, -0.2) is 35.3 Å². The van der Waals surface area contributed by atoms with Gasteiger partial charge in [0.1, 0.15) is 0 Å². The van der Waals surface area contributed by atoms with Crippen molar-refractivity contribution in [1.82, 2.24) is 5.32 Å². The summed E-state index contributed by atoms with van der Waals surface area (Å²) in [5, 5.41) is 13.4. The number of hydrogen-bond acceptors (Lipinski definition) is 3. The molecule has 3 heteroatoms. The van der Waals surface area contributed by atoms with Gasteiger partial charge in [-0.05, 0) is 30.6 Å². The highest BCUT2D eigenvalue weighted by Crippen LogP contribution is 2.27. The molecule has 1 fully saturated rings. The molecule has 1 aliphatic heterocycles. The summed E-state index contributed by atoms with van der Waals surface area (Å²) in [4.78, 5) is 0. The predicted molar refractivity (Wildman–Crippen MR) is 63.8 cm³/mol. The molecular formula is C11H23NOS. The molecule has 0 saturated carbocycles. The highest BCUT2D eigenvalue weighted by molar-refractivity contribution is 7.99. The van der Waals surface area contributed by atoms with Gasteiger partial charge in [0.25, 0.3) is 0 Å². The van der Waals surface area contributed by atoms with Gasteiger partial charge < -0.3 is 10.4 Å². The summed E-state index contributed by atoms with van der Waals surface area (Å²) >= 11 is 1.85. The van der Waals surface area contributed by atoms with E-state index < -0.39 is 5.60 Å². The van der Waals surface area contributed by atoms with Gasteiger partial charge in [0.2, 0.25) is 0 Å². The highest BCUT2D eigenvalue weighted by atomic mass is 32.2. The van der Waals surface area contributed by atoms with Crippen molar-refractivity contribution in [3.63, 3.8) is 0 Å². The van der Waals surface area contributed by atoms with Crippen LogP contribution in [0.3, 0.4) is 0 Å². The number of rotatable bonds is 4. The fourth-order valence-electron chi connectivity index (χ4n) is 1.52. The quantitative estimate of drug-likeness (QED) is 0.705. The summed E-state index contributed by atoms with van der Waals surface area (Å²) in [6.07, 6.45) is 2.11. The molecule has 0 aromatic heterocycles. The van der Waals surface area contributed by atoms with Crippen molar-refractivity contribution in [3.05, 3.63) is 0 Å². The monoisotopic (exact) mass is 217 g/mol. The topological polar surface area (TPSA) is 32.3 Å². The minimum Gasteiger partial charge on any atom is -0.388 e. The Morgan fingerprint density at radius 1 is 1.43 bits per heavy atom. The molecule has 1 atom stereocenters. The molecule has 2 N–H and O–H groups in total. The smallest absolute Gasteiger partial charge is 0.0869 e. The summed E-state index contributed by atoms with van der Waals surface area (Å²) in [7, 11) is 0. The molecule has 84 valence electrons. The van der Waals surface area contributed by atoms with Crippen LogP contribution in [0.15, 0.2) is 0 Å². The maximum absolute atomic E-state index is 10.0. The Labute approximate surface area is 91.9 Å². The van der Waals surface area contributed by atoms with E-state index in [-0.39, 0.29) is 0 Å². The van der Waals surface area contributed by atoms with Gasteiger partial charge in [-0.3, -0.25) is 0 Å². The molecule has 1 aliphatic rings. The van der Waals surface area contributed by atoms with Gasteiger partial charge in [-0.25, -0.2) is 0 Å². The number of aliphatic hydroxyl groups is 1. The first kappa shape index (κ1) is 12.3. The zero-order chi connectivity index (χ0) is 10.7. The summed E-state index contributed by atoms with van der Waals surface area (Å²) in [5.41, 5.74) is -0.0391. The van der Waals surface area contributed by atoms with E-state index in [1.807, 2.05) is 11.8 Å². The van der Waals surface area contributed by atoms with Crippen molar-refractivity contribution in [3.8, 4) is 0 Å². The Kier molecular flexibility index (Phi) is 4.29. The lowest BCUT2D eigenvalue weighted by molar-refractivity contribution is 0.0671. The van der Waals surface area contributed by atoms with Crippen molar-refractivity contribution >= 4 is 11.8 Å². The van der Waals surface area contributed by atoms with Gasteiger partial charge in [0.15, 0.2) is 0 Å². The Bertz CT molecular complexity index is 171. The minimum atomic E-state index is -0.428. The van der Waals surface area contributed by atoms with E-state index in [0.29, 0.717) is 5.41 Å². The van der Waals surface area contributed by atoms with Crippen molar-refractivity contribution in [1.29, 1.82) is 0 Å². The second-order valence-electron chi connectivity index (χ2n) is 5.51. The zero-order valence-corrected chi connectivity index (χ0v) is 10.4. The third-order valence-electron chi connectivity index (χ3n) is 2.59. The molecule has 0 amide bonds. The lowest BCUT2D eigenvalue weighted by Gasteiger charge is -2.23. The molecule has 14 heavy (non-hydrogen) atoms.